The number of alkyl halides is 3. The summed E-state index contributed by atoms with van der Waals surface area (Å²) in [5.41, 5.74) is 0. The summed E-state index contributed by atoms with van der Waals surface area (Å²) in [5.74, 6) is -1.98. The van der Waals surface area contributed by atoms with Crippen LogP contribution in [0.15, 0.2) is 0 Å². The van der Waals surface area contributed by atoms with E-state index in [1.54, 1.807) is 0 Å². The zero-order chi connectivity index (χ0) is 9.78. The average Bonchev–Trinajstić information content (AvgIpc) is 1.85. The Morgan fingerprint density at radius 3 is 2.42 bits per heavy atom. The standard InChI is InChI=1S/C6H9F3O3/c1-2-12-5(11)3-4(10)6(7,8)9/h5,11H,2-3H2,1H3. The van der Waals surface area contributed by atoms with E-state index >= 15 is 0 Å². The minimum atomic E-state index is -4.89. The minimum Gasteiger partial charge on any atom is -0.368 e. The first kappa shape index (κ1) is 11.4. The number of ether oxygens (including phenoxy) is 1. The average molecular weight is 186 g/mol. The molecule has 0 aliphatic carbocycles. The molecule has 0 rings (SSSR count). The van der Waals surface area contributed by atoms with Gasteiger partial charge in [-0.25, -0.2) is 0 Å². The van der Waals surface area contributed by atoms with E-state index < -0.39 is 24.7 Å². The number of halogens is 3. The number of ketones is 1. The van der Waals surface area contributed by atoms with E-state index in [9.17, 15) is 18.0 Å². The van der Waals surface area contributed by atoms with Crippen LogP contribution in [0.5, 0.6) is 0 Å². The van der Waals surface area contributed by atoms with Crippen LogP contribution in [0.3, 0.4) is 0 Å². The molecule has 12 heavy (non-hydrogen) atoms. The number of hydrogen-bond donors (Lipinski definition) is 1. The second kappa shape index (κ2) is 4.42. The number of aliphatic hydroxyl groups is 1. The maximum absolute atomic E-state index is 11.5. The van der Waals surface area contributed by atoms with Gasteiger partial charge in [0, 0.05) is 6.61 Å². The van der Waals surface area contributed by atoms with Crippen molar-refractivity contribution < 1.29 is 27.8 Å². The number of aliphatic hydroxyl groups excluding tert-OH is 1. The molecule has 1 atom stereocenters. The van der Waals surface area contributed by atoms with Crippen molar-refractivity contribution in [3.63, 3.8) is 0 Å². The van der Waals surface area contributed by atoms with E-state index in [-0.39, 0.29) is 6.61 Å². The third-order valence-corrected chi connectivity index (χ3v) is 1.04. The van der Waals surface area contributed by atoms with Crippen LogP contribution in [0.2, 0.25) is 0 Å². The highest BCUT2D eigenvalue weighted by Crippen LogP contribution is 2.18. The van der Waals surface area contributed by atoms with Gasteiger partial charge in [0.15, 0.2) is 6.29 Å². The Morgan fingerprint density at radius 2 is 2.08 bits per heavy atom. The first-order valence-corrected chi connectivity index (χ1v) is 3.27. The van der Waals surface area contributed by atoms with E-state index in [1.165, 1.54) is 6.92 Å². The van der Waals surface area contributed by atoms with Gasteiger partial charge in [-0.3, -0.25) is 4.79 Å². The summed E-state index contributed by atoms with van der Waals surface area (Å²) in [5, 5.41) is 8.64. The van der Waals surface area contributed by atoms with Crippen LogP contribution in [0.1, 0.15) is 13.3 Å². The Morgan fingerprint density at radius 1 is 1.58 bits per heavy atom. The third-order valence-electron chi connectivity index (χ3n) is 1.04. The first-order valence-electron chi connectivity index (χ1n) is 3.27. The van der Waals surface area contributed by atoms with Crippen molar-refractivity contribution in [3.05, 3.63) is 0 Å². The van der Waals surface area contributed by atoms with Gasteiger partial charge in [0.25, 0.3) is 0 Å². The van der Waals surface area contributed by atoms with Gasteiger partial charge in [0.1, 0.15) is 0 Å². The zero-order valence-electron chi connectivity index (χ0n) is 6.39. The molecular formula is C6H9F3O3. The highest BCUT2D eigenvalue weighted by atomic mass is 19.4. The molecule has 0 radical (unpaired) electrons. The molecule has 3 nitrogen and oxygen atoms in total. The monoisotopic (exact) mass is 186 g/mol. The summed E-state index contributed by atoms with van der Waals surface area (Å²) in [7, 11) is 0. The maximum atomic E-state index is 11.5. The summed E-state index contributed by atoms with van der Waals surface area (Å²) in [6.07, 6.45) is -7.60. The maximum Gasteiger partial charge on any atom is 0.450 e. The van der Waals surface area contributed by atoms with E-state index in [1.807, 2.05) is 0 Å². The Labute approximate surface area is 67.1 Å². The van der Waals surface area contributed by atoms with Gasteiger partial charge in [-0.15, -0.1) is 0 Å². The van der Waals surface area contributed by atoms with Crippen molar-refractivity contribution in [3.8, 4) is 0 Å². The van der Waals surface area contributed by atoms with Crippen molar-refractivity contribution in [2.45, 2.75) is 25.8 Å². The van der Waals surface area contributed by atoms with Gasteiger partial charge in [-0.05, 0) is 6.92 Å². The van der Waals surface area contributed by atoms with Crippen LogP contribution in [0, 0.1) is 0 Å². The van der Waals surface area contributed by atoms with E-state index in [4.69, 9.17) is 5.11 Å². The molecule has 6 heteroatoms. The fourth-order valence-corrected chi connectivity index (χ4v) is 0.526. The minimum absolute atomic E-state index is 0.0618. The van der Waals surface area contributed by atoms with Crippen molar-refractivity contribution >= 4 is 5.78 Å². The molecule has 0 aliphatic heterocycles. The van der Waals surface area contributed by atoms with Gasteiger partial charge < -0.3 is 9.84 Å². The lowest BCUT2D eigenvalue weighted by molar-refractivity contribution is -0.181. The molecule has 0 aromatic carbocycles. The topological polar surface area (TPSA) is 46.5 Å². The number of hydrogen-bond acceptors (Lipinski definition) is 3. The molecule has 1 unspecified atom stereocenters. The third kappa shape index (κ3) is 4.30. The highest BCUT2D eigenvalue weighted by molar-refractivity contribution is 5.84. The van der Waals surface area contributed by atoms with Crippen molar-refractivity contribution in [2.75, 3.05) is 6.61 Å². The first-order chi connectivity index (χ1) is 5.38. The molecule has 0 spiro atoms. The number of Topliss-reactive ketones (excluding diaryl/α,β-unsaturated/α-hetero) is 1. The van der Waals surface area contributed by atoms with Gasteiger partial charge in [0.05, 0.1) is 6.42 Å². The largest absolute Gasteiger partial charge is 0.450 e. The van der Waals surface area contributed by atoms with Crippen molar-refractivity contribution in [2.24, 2.45) is 0 Å². The van der Waals surface area contributed by atoms with E-state index in [0.717, 1.165) is 0 Å². The summed E-state index contributed by atoms with van der Waals surface area (Å²) >= 11 is 0. The second-order valence-corrected chi connectivity index (χ2v) is 2.04. The predicted octanol–water partition coefficient (Wildman–Crippen LogP) is 0.863. The smallest absolute Gasteiger partial charge is 0.368 e. The van der Waals surface area contributed by atoms with E-state index in [0.29, 0.717) is 0 Å². The Hall–Kier alpha value is -0.620. The fraction of sp³-hybridized carbons (Fsp3) is 0.833. The Kier molecular flexibility index (Phi) is 4.19. The van der Waals surface area contributed by atoms with Crippen LogP contribution in [0.25, 0.3) is 0 Å². The molecule has 0 saturated heterocycles. The van der Waals surface area contributed by atoms with Crippen LogP contribution in [0.4, 0.5) is 13.2 Å². The molecule has 0 fully saturated rings. The molecule has 0 aromatic rings. The highest BCUT2D eigenvalue weighted by Gasteiger charge is 2.39. The summed E-state index contributed by atoms with van der Waals surface area (Å²) in [6, 6.07) is 0. The lowest BCUT2D eigenvalue weighted by Gasteiger charge is -2.10. The number of carbonyl (C=O) groups is 1. The molecule has 0 aromatic heterocycles. The Bertz CT molecular complexity index is 155. The van der Waals surface area contributed by atoms with E-state index in [2.05, 4.69) is 4.74 Å². The Balaban J connectivity index is 3.85. The normalized spacial score (nSPS) is 14.4. The molecule has 1 N–H and O–H groups in total. The van der Waals surface area contributed by atoms with Crippen molar-refractivity contribution in [1.29, 1.82) is 0 Å². The predicted molar refractivity (Wildman–Crippen MR) is 33.3 cm³/mol. The van der Waals surface area contributed by atoms with Crippen molar-refractivity contribution in [1.82, 2.24) is 0 Å². The van der Waals surface area contributed by atoms with Crippen LogP contribution >= 0.6 is 0 Å². The zero-order valence-corrected chi connectivity index (χ0v) is 6.39. The van der Waals surface area contributed by atoms with Gasteiger partial charge in [0.2, 0.25) is 5.78 Å². The molecule has 0 saturated carbocycles. The molecule has 0 aliphatic rings. The lowest BCUT2D eigenvalue weighted by Crippen LogP contribution is -2.28. The van der Waals surface area contributed by atoms with Gasteiger partial charge >= 0.3 is 6.18 Å². The molecular weight excluding hydrogens is 177 g/mol. The molecule has 0 heterocycles. The molecule has 72 valence electrons. The van der Waals surface area contributed by atoms with Crippen LogP contribution in [-0.4, -0.2) is 30.0 Å². The van der Waals surface area contributed by atoms with Crippen LogP contribution in [-0.2, 0) is 9.53 Å². The summed E-state index contributed by atoms with van der Waals surface area (Å²) < 4.78 is 38.9. The lowest BCUT2D eigenvalue weighted by atomic mass is 10.3. The van der Waals surface area contributed by atoms with Crippen LogP contribution < -0.4 is 0 Å². The summed E-state index contributed by atoms with van der Waals surface area (Å²) in [4.78, 5) is 10.2. The van der Waals surface area contributed by atoms with Gasteiger partial charge in [-0.1, -0.05) is 0 Å². The van der Waals surface area contributed by atoms with Gasteiger partial charge in [-0.2, -0.15) is 13.2 Å². The number of carbonyl (C=O) groups excluding carboxylic acids is 1. The molecule has 0 bridgehead atoms. The SMILES string of the molecule is CCOC(O)CC(=O)C(F)(F)F. The molecule has 0 amide bonds. The second-order valence-electron chi connectivity index (χ2n) is 2.04. The summed E-state index contributed by atoms with van der Waals surface area (Å²) in [6.45, 7) is 1.56. The quantitative estimate of drug-likeness (QED) is 0.662. The fourth-order valence-electron chi connectivity index (χ4n) is 0.526. The number of rotatable bonds is 4.